The zero-order valence-electron chi connectivity index (χ0n) is 12.6. The molecule has 5 nitrogen and oxygen atoms in total. The van der Waals surface area contributed by atoms with Gasteiger partial charge in [0.25, 0.3) is 0 Å². The van der Waals surface area contributed by atoms with Crippen LogP contribution in [0.5, 0.6) is 0 Å². The van der Waals surface area contributed by atoms with E-state index in [4.69, 9.17) is 4.52 Å². The molecule has 0 N–H and O–H groups in total. The predicted octanol–water partition coefficient (Wildman–Crippen LogP) is 3.63. The lowest BCUT2D eigenvalue weighted by Gasteiger charge is -2.16. The van der Waals surface area contributed by atoms with Gasteiger partial charge in [-0.05, 0) is 30.5 Å². The number of anilines is 1. The van der Waals surface area contributed by atoms with Gasteiger partial charge in [-0.2, -0.15) is 4.98 Å². The lowest BCUT2D eigenvalue weighted by atomic mass is 10.1. The zero-order valence-corrected chi connectivity index (χ0v) is 13.4. The highest BCUT2D eigenvalue weighted by Crippen LogP contribution is 2.32. The van der Waals surface area contributed by atoms with Crippen LogP contribution in [0.25, 0.3) is 10.7 Å². The first-order valence-electron chi connectivity index (χ1n) is 7.45. The fraction of sp³-hybridized carbons (Fsp3) is 0.235. The Morgan fingerprint density at radius 3 is 2.83 bits per heavy atom. The molecule has 116 valence electrons. The Kier molecular flexibility index (Phi) is 3.46. The van der Waals surface area contributed by atoms with Crippen molar-refractivity contribution in [2.24, 2.45) is 0 Å². The van der Waals surface area contributed by atoms with Crippen molar-refractivity contribution in [2.75, 3.05) is 11.4 Å². The maximum absolute atomic E-state index is 12.3. The van der Waals surface area contributed by atoms with Crippen molar-refractivity contribution >= 4 is 22.9 Å². The third-order valence-electron chi connectivity index (χ3n) is 4.00. The van der Waals surface area contributed by atoms with E-state index in [1.54, 1.807) is 16.2 Å². The van der Waals surface area contributed by atoms with Crippen LogP contribution in [0, 0.1) is 6.92 Å². The third-order valence-corrected chi connectivity index (χ3v) is 4.87. The van der Waals surface area contributed by atoms with E-state index in [2.05, 4.69) is 10.1 Å². The summed E-state index contributed by atoms with van der Waals surface area (Å²) in [4.78, 5) is 19.5. The van der Waals surface area contributed by atoms with Crippen LogP contribution in [0.2, 0.25) is 0 Å². The van der Waals surface area contributed by atoms with Gasteiger partial charge < -0.3 is 9.42 Å². The van der Waals surface area contributed by atoms with Gasteiger partial charge in [0.2, 0.25) is 17.6 Å². The lowest BCUT2D eigenvalue weighted by molar-refractivity contribution is -0.117. The van der Waals surface area contributed by atoms with Crippen molar-refractivity contribution in [3.8, 4) is 10.7 Å². The minimum atomic E-state index is -0.0509. The van der Waals surface area contributed by atoms with E-state index < -0.39 is 0 Å². The van der Waals surface area contributed by atoms with Crippen LogP contribution in [-0.4, -0.2) is 22.6 Å². The van der Waals surface area contributed by atoms with Crippen molar-refractivity contribution in [3.63, 3.8) is 0 Å². The zero-order chi connectivity index (χ0) is 15.8. The molecule has 1 aliphatic heterocycles. The van der Waals surface area contributed by atoms with Gasteiger partial charge >= 0.3 is 0 Å². The van der Waals surface area contributed by atoms with Gasteiger partial charge in [-0.3, -0.25) is 4.79 Å². The average Bonchev–Trinajstić information content (AvgIpc) is 3.27. The van der Waals surface area contributed by atoms with E-state index in [9.17, 15) is 4.79 Å². The van der Waals surface area contributed by atoms with Gasteiger partial charge in [0.1, 0.15) is 0 Å². The fourth-order valence-corrected chi connectivity index (χ4v) is 3.40. The molecule has 1 atom stereocenters. The summed E-state index contributed by atoms with van der Waals surface area (Å²) in [5, 5.41) is 6.01. The summed E-state index contributed by atoms with van der Waals surface area (Å²) in [6.45, 7) is 2.61. The Labute approximate surface area is 137 Å². The molecule has 3 aromatic rings. The number of benzene rings is 1. The Morgan fingerprint density at radius 2 is 2.09 bits per heavy atom. The van der Waals surface area contributed by atoms with Gasteiger partial charge in [0.05, 0.1) is 10.8 Å². The van der Waals surface area contributed by atoms with E-state index >= 15 is 0 Å². The van der Waals surface area contributed by atoms with Crippen LogP contribution in [0.15, 0.2) is 46.3 Å². The van der Waals surface area contributed by atoms with Crippen molar-refractivity contribution in [1.29, 1.82) is 0 Å². The molecular weight excluding hydrogens is 310 g/mol. The topological polar surface area (TPSA) is 59.2 Å². The van der Waals surface area contributed by atoms with Gasteiger partial charge in [-0.25, -0.2) is 0 Å². The predicted molar refractivity (Wildman–Crippen MR) is 88.5 cm³/mol. The summed E-state index contributed by atoms with van der Waals surface area (Å²) in [7, 11) is 0. The highest BCUT2D eigenvalue weighted by Gasteiger charge is 2.35. The number of carbonyl (C=O) groups excluding carboxylic acids is 1. The van der Waals surface area contributed by atoms with Gasteiger partial charge in [0.15, 0.2) is 0 Å². The molecule has 0 saturated carbocycles. The number of nitrogens with zero attached hydrogens (tertiary/aromatic N) is 3. The molecule has 23 heavy (non-hydrogen) atoms. The van der Waals surface area contributed by atoms with Crippen molar-refractivity contribution < 1.29 is 9.32 Å². The Hall–Kier alpha value is -2.47. The maximum atomic E-state index is 12.3. The van der Waals surface area contributed by atoms with Crippen LogP contribution in [0.4, 0.5) is 5.69 Å². The summed E-state index contributed by atoms with van der Waals surface area (Å²) in [6.07, 6.45) is 0.403. The number of amides is 1. The molecule has 0 spiro atoms. The Morgan fingerprint density at radius 1 is 1.26 bits per heavy atom. The molecule has 1 aromatic carbocycles. The summed E-state index contributed by atoms with van der Waals surface area (Å²) in [6, 6.07) is 11.9. The first-order valence-corrected chi connectivity index (χ1v) is 8.33. The molecule has 1 aliphatic rings. The first-order chi connectivity index (χ1) is 11.2. The minimum Gasteiger partial charge on any atom is -0.339 e. The van der Waals surface area contributed by atoms with E-state index in [1.165, 1.54) is 5.56 Å². The minimum absolute atomic E-state index is 0.0509. The smallest absolute Gasteiger partial charge is 0.232 e. The van der Waals surface area contributed by atoms with Crippen molar-refractivity contribution in [1.82, 2.24) is 10.1 Å². The molecule has 4 rings (SSSR count). The second-order valence-electron chi connectivity index (χ2n) is 5.67. The Bertz CT molecular complexity index is 824. The number of aromatic nitrogens is 2. The summed E-state index contributed by atoms with van der Waals surface area (Å²) in [5.41, 5.74) is 2.09. The largest absolute Gasteiger partial charge is 0.339 e. The fourth-order valence-electron chi connectivity index (χ4n) is 2.75. The molecule has 1 fully saturated rings. The maximum Gasteiger partial charge on any atom is 0.232 e. The van der Waals surface area contributed by atoms with Crippen molar-refractivity contribution in [3.05, 3.63) is 53.2 Å². The normalized spacial score (nSPS) is 17.9. The van der Waals surface area contributed by atoms with Crippen LogP contribution < -0.4 is 4.90 Å². The monoisotopic (exact) mass is 325 g/mol. The number of hydrogen-bond donors (Lipinski definition) is 0. The highest BCUT2D eigenvalue weighted by molar-refractivity contribution is 7.13. The summed E-state index contributed by atoms with van der Waals surface area (Å²) >= 11 is 1.57. The molecule has 0 aliphatic carbocycles. The molecule has 1 amide bonds. The molecule has 0 radical (unpaired) electrons. The molecule has 0 unspecified atom stereocenters. The van der Waals surface area contributed by atoms with E-state index in [-0.39, 0.29) is 11.8 Å². The molecule has 0 bridgehead atoms. The van der Waals surface area contributed by atoms with Crippen molar-refractivity contribution in [2.45, 2.75) is 19.3 Å². The summed E-state index contributed by atoms with van der Waals surface area (Å²) < 4.78 is 5.39. The Balaban J connectivity index is 1.55. The first kappa shape index (κ1) is 14.1. The number of aryl methyl sites for hydroxylation is 1. The molecule has 3 heterocycles. The molecule has 1 saturated heterocycles. The number of rotatable bonds is 3. The quantitative estimate of drug-likeness (QED) is 0.738. The van der Waals surface area contributed by atoms with Gasteiger partial charge in [0, 0.05) is 18.7 Å². The van der Waals surface area contributed by atoms with E-state index in [0.29, 0.717) is 24.7 Å². The molecule has 2 aromatic heterocycles. The van der Waals surface area contributed by atoms with Crippen LogP contribution >= 0.6 is 11.3 Å². The summed E-state index contributed by atoms with van der Waals surface area (Å²) in [5.74, 6) is 1.17. The SMILES string of the molecule is Cc1ccc(N2C[C@@H](c3nc(-c4cccs4)no3)CC2=O)cc1. The highest BCUT2D eigenvalue weighted by atomic mass is 32.1. The van der Waals surface area contributed by atoms with Crippen LogP contribution in [0.3, 0.4) is 0 Å². The number of hydrogen-bond acceptors (Lipinski definition) is 5. The van der Waals surface area contributed by atoms with E-state index in [1.807, 2.05) is 48.7 Å². The van der Waals surface area contributed by atoms with Gasteiger partial charge in [-0.15, -0.1) is 11.3 Å². The van der Waals surface area contributed by atoms with E-state index in [0.717, 1.165) is 10.6 Å². The molecular formula is C17H15N3O2S. The van der Waals surface area contributed by atoms with Crippen LogP contribution in [-0.2, 0) is 4.79 Å². The second kappa shape index (κ2) is 5.62. The molecule has 6 heteroatoms. The second-order valence-corrected chi connectivity index (χ2v) is 6.62. The number of thiophene rings is 1. The number of carbonyl (C=O) groups is 1. The van der Waals surface area contributed by atoms with Crippen LogP contribution in [0.1, 0.15) is 23.8 Å². The third kappa shape index (κ3) is 2.66. The average molecular weight is 325 g/mol. The van der Waals surface area contributed by atoms with Gasteiger partial charge in [-0.1, -0.05) is 28.9 Å². The lowest BCUT2D eigenvalue weighted by Crippen LogP contribution is -2.24. The standard InChI is InChI=1S/C17H15N3O2S/c1-11-4-6-13(7-5-11)20-10-12(9-15(20)21)17-18-16(19-22-17)14-3-2-8-23-14/h2-8,12H,9-10H2,1H3/t12-/m0/s1.